The zero-order valence-corrected chi connectivity index (χ0v) is 11.4. The molecule has 1 N–H and O–H groups in total. The lowest BCUT2D eigenvalue weighted by Crippen LogP contribution is -2.45. The first-order valence-electron chi connectivity index (χ1n) is 6.93. The third-order valence-corrected chi connectivity index (χ3v) is 4.45. The zero-order valence-electron chi connectivity index (χ0n) is 11.4. The summed E-state index contributed by atoms with van der Waals surface area (Å²) < 4.78 is 19.3. The molecule has 2 aliphatic rings. The molecule has 3 rings (SSSR count). The molecular weight excluding hydrogens is 261 g/mol. The lowest BCUT2D eigenvalue weighted by atomic mass is 9.90. The Kier molecular flexibility index (Phi) is 3.17. The first kappa shape index (κ1) is 13.4. The van der Waals surface area contributed by atoms with Gasteiger partial charge in [-0.15, -0.1) is 0 Å². The second-order valence-electron chi connectivity index (χ2n) is 5.77. The van der Waals surface area contributed by atoms with Gasteiger partial charge in [0, 0.05) is 19.5 Å². The fraction of sp³-hybridized carbons (Fsp3) is 0.533. The lowest BCUT2D eigenvalue weighted by Gasteiger charge is -2.36. The number of hydrogen-bond acceptors (Lipinski definition) is 3. The Bertz CT molecular complexity index is 548. The van der Waals surface area contributed by atoms with Crippen LogP contribution in [0.25, 0.3) is 0 Å². The second kappa shape index (κ2) is 4.74. The molecule has 0 bridgehead atoms. The summed E-state index contributed by atoms with van der Waals surface area (Å²) in [6.45, 7) is 3.05. The predicted octanol–water partition coefficient (Wildman–Crippen LogP) is 2.07. The average molecular weight is 279 g/mol. The van der Waals surface area contributed by atoms with E-state index in [4.69, 9.17) is 9.84 Å². The number of halogens is 1. The fourth-order valence-electron chi connectivity index (χ4n) is 3.14. The molecule has 5 heteroatoms. The highest BCUT2D eigenvalue weighted by Crippen LogP contribution is 2.39. The van der Waals surface area contributed by atoms with Crippen molar-refractivity contribution in [2.75, 3.05) is 13.1 Å². The van der Waals surface area contributed by atoms with Gasteiger partial charge in [0.15, 0.2) is 0 Å². The number of hydrogen-bond donors (Lipinski definition) is 1. The number of aryl methyl sites for hydroxylation is 1. The van der Waals surface area contributed by atoms with Crippen LogP contribution in [0.15, 0.2) is 18.2 Å². The largest absolute Gasteiger partial charge is 0.486 e. The maximum atomic E-state index is 13.2. The summed E-state index contributed by atoms with van der Waals surface area (Å²) >= 11 is 0. The van der Waals surface area contributed by atoms with Crippen molar-refractivity contribution in [3.63, 3.8) is 0 Å². The van der Waals surface area contributed by atoms with Crippen molar-refractivity contribution in [2.45, 2.75) is 37.8 Å². The minimum atomic E-state index is -0.805. The molecule has 2 aliphatic heterocycles. The highest BCUT2D eigenvalue weighted by Gasteiger charge is 2.44. The fourth-order valence-corrected chi connectivity index (χ4v) is 3.14. The third kappa shape index (κ3) is 2.26. The number of carboxylic acid groups (broad SMARTS) is 1. The van der Waals surface area contributed by atoms with Crippen LogP contribution < -0.4 is 4.74 Å². The Balaban J connectivity index is 1.77. The van der Waals surface area contributed by atoms with Crippen molar-refractivity contribution in [1.29, 1.82) is 0 Å². The van der Waals surface area contributed by atoms with Gasteiger partial charge < -0.3 is 9.84 Å². The molecule has 1 aromatic rings. The van der Waals surface area contributed by atoms with Crippen molar-refractivity contribution in [3.8, 4) is 5.75 Å². The van der Waals surface area contributed by atoms with Crippen LogP contribution in [-0.2, 0) is 11.2 Å². The number of benzene rings is 1. The van der Waals surface area contributed by atoms with Gasteiger partial charge >= 0.3 is 5.97 Å². The summed E-state index contributed by atoms with van der Waals surface area (Å²) in [6, 6.07) is 4.11. The van der Waals surface area contributed by atoms with Gasteiger partial charge in [0.2, 0.25) is 0 Å². The van der Waals surface area contributed by atoms with E-state index in [0.29, 0.717) is 6.54 Å². The molecule has 1 spiro atoms. The number of ether oxygens (including phenoxy) is 1. The van der Waals surface area contributed by atoms with Crippen LogP contribution in [0.4, 0.5) is 4.39 Å². The summed E-state index contributed by atoms with van der Waals surface area (Å²) in [5.74, 6) is -0.307. The van der Waals surface area contributed by atoms with E-state index in [2.05, 4.69) is 0 Å². The van der Waals surface area contributed by atoms with E-state index in [-0.39, 0.29) is 11.4 Å². The van der Waals surface area contributed by atoms with Crippen LogP contribution in [0.1, 0.15) is 25.3 Å². The number of carbonyl (C=O) groups is 1. The smallest absolute Gasteiger partial charge is 0.320 e. The summed E-state index contributed by atoms with van der Waals surface area (Å²) in [6.07, 6.45) is 2.41. The van der Waals surface area contributed by atoms with Crippen molar-refractivity contribution in [2.24, 2.45) is 0 Å². The number of rotatable bonds is 2. The number of nitrogens with zero attached hydrogens (tertiary/aromatic N) is 1. The molecule has 0 amide bonds. The van der Waals surface area contributed by atoms with Crippen molar-refractivity contribution in [1.82, 2.24) is 4.90 Å². The van der Waals surface area contributed by atoms with Crippen LogP contribution in [-0.4, -0.2) is 40.7 Å². The topological polar surface area (TPSA) is 49.8 Å². The molecule has 4 nitrogen and oxygen atoms in total. The Morgan fingerprint density at radius 3 is 3.05 bits per heavy atom. The normalized spacial score (nSPS) is 27.1. The van der Waals surface area contributed by atoms with Gasteiger partial charge in [-0.25, -0.2) is 4.39 Å². The first-order chi connectivity index (χ1) is 9.49. The second-order valence-corrected chi connectivity index (χ2v) is 5.77. The first-order valence-corrected chi connectivity index (χ1v) is 6.93. The van der Waals surface area contributed by atoms with E-state index in [1.807, 2.05) is 4.90 Å². The molecule has 0 radical (unpaired) electrons. The van der Waals surface area contributed by atoms with Crippen LogP contribution >= 0.6 is 0 Å². The Morgan fingerprint density at radius 1 is 1.50 bits per heavy atom. The third-order valence-electron chi connectivity index (χ3n) is 4.45. The molecule has 108 valence electrons. The van der Waals surface area contributed by atoms with Crippen LogP contribution in [0.3, 0.4) is 0 Å². The van der Waals surface area contributed by atoms with E-state index in [9.17, 15) is 9.18 Å². The summed E-state index contributed by atoms with van der Waals surface area (Å²) in [5, 5.41) is 9.09. The van der Waals surface area contributed by atoms with Gasteiger partial charge in [-0.1, -0.05) is 0 Å². The minimum absolute atomic E-state index is 0.240. The maximum absolute atomic E-state index is 13.2. The highest BCUT2D eigenvalue weighted by molar-refractivity contribution is 5.73. The lowest BCUT2D eigenvalue weighted by molar-refractivity contribution is -0.142. The minimum Gasteiger partial charge on any atom is -0.486 e. The standard InChI is InChI=1S/C15H18FNO3/c1-10(14(18)19)17-7-6-15(9-17)5-4-11-8-12(16)2-3-13(11)20-15/h2-3,8,10H,4-7,9H2,1H3,(H,18,19). The summed E-state index contributed by atoms with van der Waals surface area (Å²) in [4.78, 5) is 13.0. The molecule has 0 saturated carbocycles. The van der Waals surface area contributed by atoms with Gasteiger partial charge in [0.25, 0.3) is 0 Å². The van der Waals surface area contributed by atoms with Crippen LogP contribution in [0.2, 0.25) is 0 Å². The number of fused-ring (bicyclic) bond motifs is 1. The molecule has 20 heavy (non-hydrogen) atoms. The zero-order chi connectivity index (χ0) is 14.3. The number of carboxylic acids is 1. The number of likely N-dealkylation sites (tertiary alicyclic amines) is 1. The summed E-state index contributed by atoms with van der Waals surface area (Å²) in [5.41, 5.74) is 0.592. The molecule has 1 fully saturated rings. The molecule has 2 unspecified atom stereocenters. The molecule has 2 heterocycles. The SMILES string of the molecule is CC(C(=O)O)N1CCC2(CCc3cc(F)ccc3O2)C1. The predicted molar refractivity (Wildman–Crippen MR) is 71.4 cm³/mol. The van der Waals surface area contributed by atoms with Crippen molar-refractivity contribution < 1.29 is 19.0 Å². The maximum Gasteiger partial charge on any atom is 0.320 e. The molecular formula is C15H18FNO3. The van der Waals surface area contributed by atoms with Crippen molar-refractivity contribution >= 4 is 5.97 Å². The van der Waals surface area contributed by atoms with Gasteiger partial charge in [-0.05, 0) is 43.5 Å². The van der Waals surface area contributed by atoms with Gasteiger partial charge in [0.05, 0.1) is 0 Å². The highest BCUT2D eigenvalue weighted by atomic mass is 19.1. The van der Waals surface area contributed by atoms with Gasteiger partial charge in [-0.3, -0.25) is 9.69 Å². The quantitative estimate of drug-likeness (QED) is 0.900. The van der Waals surface area contributed by atoms with E-state index in [1.54, 1.807) is 13.0 Å². The number of aliphatic carboxylic acids is 1. The molecule has 2 atom stereocenters. The van der Waals surface area contributed by atoms with Crippen LogP contribution in [0.5, 0.6) is 5.75 Å². The molecule has 0 aromatic heterocycles. The monoisotopic (exact) mass is 279 g/mol. The average Bonchev–Trinajstić information content (AvgIpc) is 2.82. The molecule has 1 saturated heterocycles. The Morgan fingerprint density at radius 2 is 2.30 bits per heavy atom. The van der Waals surface area contributed by atoms with E-state index >= 15 is 0 Å². The van der Waals surface area contributed by atoms with E-state index in [0.717, 1.165) is 37.1 Å². The Labute approximate surface area is 117 Å². The molecule has 1 aromatic carbocycles. The van der Waals surface area contributed by atoms with E-state index < -0.39 is 12.0 Å². The van der Waals surface area contributed by atoms with Crippen LogP contribution in [0, 0.1) is 5.82 Å². The van der Waals surface area contributed by atoms with E-state index in [1.165, 1.54) is 12.1 Å². The van der Waals surface area contributed by atoms with Gasteiger partial charge in [-0.2, -0.15) is 0 Å². The van der Waals surface area contributed by atoms with Gasteiger partial charge in [0.1, 0.15) is 23.2 Å². The van der Waals surface area contributed by atoms with Crippen molar-refractivity contribution in [3.05, 3.63) is 29.6 Å². The molecule has 0 aliphatic carbocycles. The Hall–Kier alpha value is -1.62. The summed E-state index contributed by atoms with van der Waals surface area (Å²) in [7, 11) is 0.